The molecule has 0 unspecified atom stereocenters. The molecule has 22 heavy (non-hydrogen) atoms. The molecule has 3 rings (SSSR count). The molecule has 1 aliphatic rings. The van der Waals surface area contributed by atoms with Gasteiger partial charge >= 0.3 is 7.12 Å². The zero-order valence-corrected chi connectivity index (χ0v) is 13.1. The summed E-state index contributed by atoms with van der Waals surface area (Å²) >= 11 is 0. The molecule has 0 aromatic carbocycles. The summed E-state index contributed by atoms with van der Waals surface area (Å²) in [6, 6.07) is 3.64. The fourth-order valence-electron chi connectivity index (χ4n) is 2.12. The van der Waals surface area contributed by atoms with Crippen LogP contribution in [0.2, 0.25) is 0 Å². The maximum Gasteiger partial charge on any atom is 0.496 e. The molecule has 1 fully saturated rings. The summed E-state index contributed by atoms with van der Waals surface area (Å²) in [7, 11) is -0.455. The lowest BCUT2D eigenvalue weighted by Crippen LogP contribution is -2.41. The van der Waals surface area contributed by atoms with Gasteiger partial charge < -0.3 is 9.31 Å². The van der Waals surface area contributed by atoms with E-state index in [0.717, 1.165) is 5.46 Å². The molecule has 2 aromatic heterocycles. The van der Waals surface area contributed by atoms with E-state index in [-0.39, 0.29) is 5.69 Å². The second-order valence-corrected chi connectivity index (χ2v) is 6.33. The predicted octanol–water partition coefficient (Wildman–Crippen LogP) is 1.43. The maximum atomic E-state index is 12.5. The van der Waals surface area contributed by atoms with Crippen LogP contribution in [0, 0.1) is 0 Å². The summed E-state index contributed by atoms with van der Waals surface area (Å²) in [5, 5.41) is 7.53. The average molecular weight is 304 g/mol. The van der Waals surface area contributed by atoms with Gasteiger partial charge in [0.1, 0.15) is 12.4 Å². The molecule has 3 heterocycles. The summed E-state index contributed by atoms with van der Waals surface area (Å²) in [6.07, 6.45) is 3.19. The Morgan fingerprint density at radius 1 is 1.18 bits per heavy atom. The van der Waals surface area contributed by atoms with E-state index in [0.29, 0.717) is 5.82 Å². The second kappa shape index (κ2) is 5.14. The minimum absolute atomic E-state index is 0.275. The van der Waals surface area contributed by atoms with Gasteiger partial charge in [0.2, 0.25) is 0 Å². The minimum Gasteiger partial charge on any atom is -0.399 e. The molecule has 2 aromatic rings. The number of alkyl halides is 1. The molecule has 116 valence electrons. The normalized spacial score (nSPS) is 19.6. The molecule has 0 amide bonds. The van der Waals surface area contributed by atoms with Crippen molar-refractivity contribution >= 4 is 12.6 Å². The first-order chi connectivity index (χ1) is 10.3. The van der Waals surface area contributed by atoms with Gasteiger partial charge in [-0.05, 0) is 33.8 Å². The highest BCUT2D eigenvalue weighted by Crippen LogP contribution is 2.36. The van der Waals surface area contributed by atoms with Crippen molar-refractivity contribution in [1.82, 2.24) is 20.0 Å². The molecule has 0 aliphatic carbocycles. The summed E-state index contributed by atoms with van der Waals surface area (Å²) < 4.78 is 25.9. The highest BCUT2D eigenvalue weighted by Gasteiger charge is 2.51. The summed E-state index contributed by atoms with van der Waals surface area (Å²) in [5.41, 5.74) is 0.321. The molecule has 1 saturated heterocycles. The molecule has 0 bridgehead atoms. The first-order valence-electron chi connectivity index (χ1n) is 7.11. The number of halogens is 1. The predicted molar refractivity (Wildman–Crippen MR) is 79.7 cm³/mol. The van der Waals surface area contributed by atoms with E-state index in [9.17, 15) is 4.39 Å². The van der Waals surface area contributed by atoms with E-state index in [1.807, 2.05) is 33.8 Å². The van der Waals surface area contributed by atoms with E-state index >= 15 is 0 Å². The Labute approximate surface area is 128 Å². The number of pyridine rings is 1. The second-order valence-electron chi connectivity index (χ2n) is 6.33. The third-order valence-corrected chi connectivity index (χ3v) is 4.21. The molecule has 6 nitrogen and oxygen atoms in total. The van der Waals surface area contributed by atoms with Gasteiger partial charge in [0.25, 0.3) is 0 Å². The van der Waals surface area contributed by atoms with E-state index < -0.39 is 25.0 Å². The van der Waals surface area contributed by atoms with Crippen LogP contribution in [-0.4, -0.2) is 38.3 Å². The Morgan fingerprint density at radius 2 is 1.86 bits per heavy atom. The Bertz CT molecular complexity index is 656. The third-order valence-electron chi connectivity index (χ3n) is 4.21. The van der Waals surface area contributed by atoms with Crippen molar-refractivity contribution in [3.8, 4) is 5.82 Å². The lowest BCUT2D eigenvalue weighted by Gasteiger charge is -2.32. The van der Waals surface area contributed by atoms with Crippen molar-refractivity contribution in [1.29, 1.82) is 0 Å². The van der Waals surface area contributed by atoms with Crippen LogP contribution in [0.4, 0.5) is 4.39 Å². The molecule has 8 heteroatoms. The van der Waals surface area contributed by atoms with Crippen LogP contribution in [0.1, 0.15) is 33.4 Å². The summed E-state index contributed by atoms with van der Waals surface area (Å²) in [4.78, 5) is 4.31. The topological polar surface area (TPSA) is 62.1 Å². The maximum absolute atomic E-state index is 12.5. The standard InChI is InChI=1S/C14H18BFN4O2/c1-13(2)14(3,4)22-15(21-13)10-5-6-12(17-8-10)20-9-11(7-16)18-19-20/h5-6,8-9H,7H2,1-4H3. The molecular weight excluding hydrogens is 286 g/mol. The van der Waals surface area contributed by atoms with Gasteiger partial charge in [-0.15, -0.1) is 5.10 Å². The molecule has 0 N–H and O–H groups in total. The number of nitrogens with zero attached hydrogens (tertiary/aromatic N) is 4. The average Bonchev–Trinajstić information content (AvgIpc) is 3.02. The van der Waals surface area contributed by atoms with Crippen molar-refractivity contribution < 1.29 is 13.7 Å². The molecule has 0 atom stereocenters. The van der Waals surface area contributed by atoms with Crippen LogP contribution in [0.15, 0.2) is 24.5 Å². The lowest BCUT2D eigenvalue weighted by atomic mass is 9.80. The SMILES string of the molecule is CC1(C)OB(c2ccc(-n3cc(CF)nn3)nc2)OC1(C)C. The van der Waals surface area contributed by atoms with Gasteiger partial charge in [0, 0.05) is 11.7 Å². The van der Waals surface area contributed by atoms with Crippen molar-refractivity contribution in [3.05, 3.63) is 30.2 Å². The minimum atomic E-state index is -0.647. The molecular formula is C14H18BFN4O2. The van der Waals surface area contributed by atoms with Crippen molar-refractivity contribution in [2.24, 2.45) is 0 Å². The smallest absolute Gasteiger partial charge is 0.399 e. The van der Waals surface area contributed by atoms with E-state index in [2.05, 4.69) is 15.3 Å². The Balaban J connectivity index is 1.81. The number of aromatic nitrogens is 4. The van der Waals surface area contributed by atoms with Crippen LogP contribution >= 0.6 is 0 Å². The zero-order chi connectivity index (χ0) is 16.0. The van der Waals surface area contributed by atoms with Crippen LogP contribution in [0.5, 0.6) is 0 Å². The van der Waals surface area contributed by atoms with Gasteiger partial charge in [-0.1, -0.05) is 11.3 Å². The van der Waals surface area contributed by atoms with Crippen LogP contribution in [-0.2, 0) is 16.0 Å². The number of hydrogen-bond acceptors (Lipinski definition) is 5. The zero-order valence-electron chi connectivity index (χ0n) is 13.1. The van der Waals surface area contributed by atoms with Gasteiger partial charge in [-0.3, -0.25) is 0 Å². The van der Waals surface area contributed by atoms with Crippen LogP contribution in [0.3, 0.4) is 0 Å². The lowest BCUT2D eigenvalue weighted by molar-refractivity contribution is 0.00578. The first-order valence-corrected chi connectivity index (χ1v) is 7.11. The quantitative estimate of drug-likeness (QED) is 0.803. The van der Waals surface area contributed by atoms with E-state index in [1.54, 1.807) is 12.3 Å². The first kappa shape index (κ1) is 15.1. The largest absolute Gasteiger partial charge is 0.496 e. The fraction of sp³-hybridized carbons (Fsp3) is 0.500. The molecule has 0 saturated carbocycles. The third kappa shape index (κ3) is 2.52. The Morgan fingerprint density at radius 3 is 2.36 bits per heavy atom. The highest BCUT2D eigenvalue weighted by atomic mass is 19.1. The molecule has 1 aliphatic heterocycles. The van der Waals surface area contributed by atoms with Crippen LogP contribution < -0.4 is 5.46 Å². The number of rotatable bonds is 3. The van der Waals surface area contributed by atoms with Gasteiger partial charge in [-0.25, -0.2) is 14.1 Å². The van der Waals surface area contributed by atoms with Gasteiger partial charge in [-0.2, -0.15) is 0 Å². The summed E-state index contributed by atoms with van der Waals surface area (Å²) in [6.45, 7) is 7.36. The van der Waals surface area contributed by atoms with E-state index in [4.69, 9.17) is 9.31 Å². The Kier molecular flexibility index (Phi) is 3.53. The van der Waals surface area contributed by atoms with Crippen molar-refractivity contribution in [2.75, 3.05) is 0 Å². The highest BCUT2D eigenvalue weighted by molar-refractivity contribution is 6.62. The Hall–Kier alpha value is -1.80. The number of hydrogen-bond donors (Lipinski definition) is 0. The van der Waals surface area contributed by atoms with Crippen molar-refractivity contribution in [2.45, 2.75) is 45.6 Å². The monoisotopic (exact) mass is 304 g/mol. The fourth-order valence-corrected chi connectivity index (χ4v) is 2.12. The van der Waals surface area contributed by atoms with Crippen LogP contribution in [0.25, 0.3) is 5.82 Å². The van der Waals surface area contributed by atoms with Crippen molar-refractivity contribution in [3.63, 3.8) is 0 Å². The molecule has 0 radical (unpaired) electrons. The van der Waals surface area contributed by atoms with Gasteiger partial charge in [0.05, 0.1) is 17.4 Å². The summed E-state index contributed by atoms with van der Waals surface area (Å²) in [5.74, 6) is 0.562. The van der Waals surface area contributed by atoms with E-state index in [1.165, 1.54) is 10.9 Å². The van der Waals surface area contributed by atoms with Gasteiger partial charge in [0.15, 0.2) is 5.82 Å². The molecule has 0 spiro atoms.